The summed E-state index contributed by atoms with van der Waals surface area (Å²) in [6.45, 7) is 5.27. The molecule has 0 saturated heterocycles. The van der Waals surface area contributed by atoms with Crippen molar-refractivity contribution in [3.63, 3.8) is 0 Å². The molecular weight excluding hydrogens is 142 g/mol. The van der Waals surface area contributed by atoms with Crippen molar-refractivity contribution in [1.82, 2.24) is 5.32 Å². The van der Waals surface area contributed by atoms with Crippen LogP contribution in [0, 0.1) is 5.92 Å². The van der Waals surface area contributed by atoms with Crippen molar-refractivity contribution in [3.05, 3.63) is 0 Å². The fourth-order valence-electron chi connectivity index (χ4n) is 0.763. The summed E-state index contributed by atoms with van der Waals surface area (Å²) in [5.41, 5.74) is 0. The van der Waals surface area contributed by atoms with Gasteiger partial charge in [0.05, 0.1) is 0 Å². The average molecular weight is 161 g/mol. The fourth-order valence-corrected chi connectivity index (χ4v) is 0.763. The standard InChI is InChI=1S/C8H19NO2/c1-7(6-11)5-9-8(2)3-4-10/h7-11H,3-6H2,1-2H3. The summed E-state index contributed by atoms with van der Waals surface area (Å²) < 4.78 is 0. The maximum atomic E-state index is 8.69. The third-order valence-corrected chi connectivity index (χ3v) is 1.69. The molecule has 0 radical (unpaired) electrons. The summed E-state index contributed by atoms with van der Waals surface area (Å²) in [6.07, 6.45) is 0.776. The van der Waals surface area contributed by atoms with Crippen molar-refractivity contribution in [2.24, 2.45) is 5.92 Å². The van der Waals surface area contributed by atoms with E-state index in [1.165, 1.54) is 0 Å². The minimum absolute atomic E-state index is 0.221. The molecule has 0 spiro atoms. The predicted molar refractivity (Wildman–Crippen MR) is 45.4 cm³/mol. The van der Waals surface area contributed by atoms with Gasteiger partial charge in [0.25, 0.3) is 0 Å². The highest BCUT2D eigenvalue weighted by atomic mass is 16.3. The Morgan fingerprint density at radius 3 is 2.36 bits per heavy atom. The van der Waals surface area contributed by atoms with Gasteiger partial charge in [0.15, 0.2) is 0 Å². The minimum Gasteiger partial charge on any atom is -0.396 e. The summed E-state index contributed by atoms with van der Waals surface area (Å²) in [5, 5.41) is 20.5. The first kappa shape index (κ1) is 10.9. The summed E-state index contributed by atoms with van der Waals surface area (Å²) >= 11 is 0. The molecule has 3 heteroatoms. The number of hydrogen-bond donors (Lipinski definition) is 3. The molecule has 0 aromatic carbocycles. The molecule has 0 aliphatic carbocycles. The van der Waals surface area contributed by atoms with E-state index in [-0.39, 0.29) is 13.2 Å². The van der Waals surface area contributed by atoms with Gasteiger partial charge < -0.3 is 15.5 Å². The van der Waals surface area contributed by atoms with Gasteiger partial charge in [-0.05, 0) is 19.3 Å². The van der Waals surface area contributed by atoms with E-state index in [1.807, 2.05) is 13.8 Å². The molecule has 2 unspecified atom stereocenters. The van der Waals surface area contributed by atoms with Crippen molar-refractivity contribution < 1.29 is 10.2 Å². The maximum absolute atomic E-state index is 8.69. The zero-order chi connectivity index (χ0) is 8.69. The lowest BCUT2D eigenvalue weighted by atomic mass is 10.1. The second-order valence-electron chi connectivity index (χ2n) is 3.11. The largest absolute Gasteiger partial charge is 0.396 e. The molecule has 0 aliphatic rings. The third-order valence-electron chi connectivity index (χ3n) is 1.69. The van der Waals surface area contributed by atoms with Gasteiger partial charge in [-0.1, -0.05) is 6.92 Å². The molecule has 0 aliphatic heterocycles. The smallest absolute Gasteiger partial charge is 0.0468 e. The molecule has 0 bridgehead atoms. The van der Waals surface area contributed by atoms with Gasteiger partial charge in [0.2, 0.25) is 0 Å². The van der Waals surface area contributed by atoms with Gasteiger partial charge in [-0.2, -0.15) is 0 Å². The van der Waals surface area contributed by atoms with Crippen molar-refractivity contribution in [2.45, 2.75) is 26.3 Å². The van der Waals surface area contributed by atoms with E-state index in [2.05, 4.69) is 5.32 Å². The zero-order valence-corrected chi connectivity index (χ0v) is 7.38. The van der Waals surface area contributed by atoms with Gasteiger partial charge in [0, 0.05) is 25.8 Å². The molecule has 11 heavy (non-hydrogen) atoms. The molecule has 3 N–H and O–H groups in total. The Morgan fingerprint density at radius 2 is 1.91 bits per heavy atom. The topological polar surface area (TPSA) is 52.5 Å². The molecule has 0 fully saturated rings. The van der Waals surface area contributed by atoms with Crippen LogP contribution in [0.3, 0.4) is 0 Å². The first-order chi connectivity index (χ1) is 5.20. The molecule has 0 saturated carbocycles. The Bertz CT molecular complexity index is 88.2. The van der Waals surface area contributed by atoms with Crippen molar-refractivity contribution in [2.75, 3.05) is 19.8 Å². The molecule has 68 valence electrons. The summed E-state index contributed by atoms with van der Waals surface area (Å²) in [5.74, 6) is 0.302. The summed E-state index contributed by atoms with van der Waals surface area (Å²) in [7, 11) is 0. The van der Waals surface area contributed by atoms with E-state index in [4.69, 9.17) is 10.2 Å². The fraction of sp³-hybridized carbons (Fsp3) is 1.00. The van der Waals surface area contributed by atoms with Crippen LogP contribution in [0.25, 0.3) is 0 Å². The second kappa shape index (κ2) is 6.58. The predicted octanol–water partition coefficient (Wildman–Crippen LogP) is -0.0247. The summed E-state index contributed by atoms with van der Waals surface area (Å²) in [4.78, 5) is 0. The van der Waals surface area contributed by atoms with Crippen LogP contribution in [-0.4, -0.2) is 36.0 Å². The van der Waals surface area contributed by atoms with Crippen molar-refractivity contribution in [1.29, 1.82) is 0 Å². The Labute approximate surface area is 68.4 Å². The Hall–Kier alpha value is -0.120. The van der Waals surface area contributed by atoms with Gasteiger partial charge in [-0.25, -0.2) is 0 Å². The molecule has 2 atom stereocenters. The number of aliphatic hydroxyl groups excluding tert-OH is 2. The molecule has 3 nitrogen and oxygen atoms in total. The van der Waals surface area contributed by atoms with Gasteiger partial charge in [-0.15, -0.1) is 0 Å². The highest BCUT2D eigenvalue weighted by molar-refractivity contribution is 4.62. The van der Waals surface area contributed by atoms with Crippen LogP contribution >= 0.6 is 0 Å². The highest BCUT2D eigenvalue weighted by Crippen LogP contribution is 1.93. The number of aliphatic hydroxyl groups is 2. The second-order valence-corrected chi connectivity index (χ2v) is 3.11. The third kappa shape index (κ3) is 6.28. The van der Waals surface area contributed by atoms with Crippen molar-refractivity contribution >= 4 is 0 Å². The molecular formula is C8H19NO2. The van der Waals surface area contributed by atoms with Crippen LogP contribution in [0.2, 0.25) is 0 Å². The van der Waals surface area contributed by atoms with Crippen molar-refractivity contribution in [3.8, 4) is 0 Å². The SMILES string of the molecule is CC(CO)CNC(C)CCO. The maximum Gasteiger partial charge on any atom is 0.0468 e. The van der Waals surface area contributed by atoms with Gasteiger partial charge in [0.1, 0.15) is 0 Å². The molecule has 0 heterocycles. The Morgan fingerprint density at radius 1 is 1.27 bits per heavy atom. The minimum atomic E-state index is 0.221. The first-order valence-electron chi connectivity index (χ1n) is 4.15. The number of nitrogens with one attached hydrogen (secondary N) is 1. The molecule has 0 aromatic rings. The lowest BCUT2D eigenvalue weighted by Gasteiger charge is -2.14. The van der Waals surface area contributed by atoms with Gasteiger partial charge in [-0.3, -0.25) is 0 Å². The molecule has 0 rings (SSSR count). The van der Waals surface area contributed by atoms with Crippen LogP contribution in [-0.2, 0) is 0 Å². The van der Waals surface area contributed by atoms with Crippen LogP contribution in [0.1, 0.15) is 20.3 Å². The lowest BCUT2D eigenvalue weighted by Crippen LogP contribution is -2.32. The van der Waals surface area contributed by atoms with E-state index in [1.54, 1.807) is 0 Å². The monoisotopic (exact) mass is 161 g/mol. The molecule has 0 aromatic heterocycles. The van der Waals surface area contributed by atoms with Crippen LogP contribution in [0.5, 0.6) is 0 Å². The van der Waals surface area contributed by atoms with E-state index >= 15 is 0 Å². The normalized spacial score (nSPS) is 16.4. The molecule has 0 amide bonds. The van der Waals surface area contributed by atoms with E-state index < -0.39 is 0 Å². The quantitative estimate of drug-likeness (QED) is 0.513. The Kier molecular flexibility index (Phi) is 6.51. The van der Waals surface area contributed by atoms with Crippen LogP contribution < -0.4 is 5.32 Å². The lowest BCUT2D eigenvalue weighted by molar-refractivity contribution is 0.224. The number of rotatable bonds is 6. The summed E-state index contributed by atoms with van der Waals surface area (Å²) in [6, 6.07) is 0.342. The zero-order valence-electron chi connectivity index (χ0n) is 7.38. The van der Waals surface area contributed by atoms with E-state index in [0.29, 0.717) is 12.0 Å². The first-order valence-corrected chi connectivity index (χ1v) is 4.15. The average Bonchev–Trinajstić information content (AvgIpc) is 2.01. The van der Waals surface area contributed by atoms with Crippen LogP contribution in [0.4, 0.5) is 0 Å². The highest BCUT2D eigenvalue weighted by Gasteiger charge is 2.02. The van der Waals surface area contributed by atoms with E-state index in [0.717, 1.165) is 13.0 Å². The van der Waals surface area contributed by atoms with E-state index in [9.17, 15) is 0 Å². The van der Waals surface area contributed by atoms with Crippen LogP contribution in [0.15, 0.2) is 0 Å². The van der Waals surface area contributed by atoms with Gasteiger partial charge >= 0.3 is 0 Å². The Balaban J connectivity index is 3.22. The number of hydrogen-bond acceptors (Lipinski definition) is 3.